The molecule has 1 heterocycles. The molecule has 1 fully saturated rings. The van der Waals surface area contributed by atoms with Gasteiger partial charge in [0.25, 0.3) is 0 Å². The maximum Gasteiger partial charge on any atom is 0.0648 e. The molecule has 1 aromatic carbocycles. The Morgan fingerprint density at radius 1 is 1.35 bits per heavy atom. The van der Waals surface area contributed by atoms with Crippen molar-refractivity contribution in [2.45, 2.75) is 38.4 Å². The molecule has 1 aromatic heterocycles. The van der Waals surface area contributed by atoms with Crippen LogP contribution in [0.4, 0.5) is 0 Å². The molecule has 1 atom stereocenters. The SMILES string of the molecule is CC(CNC1CC1)NCc1cccc(-n2cccn2)c1. The van der Waals surface area contributed by atoms with Crippen LogP contribution in [0.2, 0.25) is 0 Å². The van der Waals surface area contributed by atoms with E-state index in [0.29, 0.717) is 6.04 Å². The Balaban J connectivity index is 1.53. The lowest BCUT2D eigenvalue weighted by atomic mass is 10.2. The molecule has 1 unspecified atom stereocenters. The molecule has 1 aliphatic carbocycles. The highest BCUT2D eigenvalue weighted by molar-refractivity contribution is 5.34. The fourth-order valence-electron chi connectivity index (χ4n) is 2.23. The Morgan fingerprint density at radius 2 is 2.25 bits per heavy atom. The maximum absolute atomic E-state index is 4.26. The number of hydrogen-bond donors (Lipinski definition) is 2. The third-order valence-electron chi connectivity index (χ3n) is 3.62. The molecule has 0 saturated heterocycles. The summed E-state index contributed by atoms with van der Waals surface area (Å²) in [5.74, 6) is 0. The lowest BCUT2D eigenvalue weighted by Crippen LogP contribution is -2.36. The van der Waals surface area contributed by atoms with E-state index in [1.807, 2.05) is 16.9 Å². The van der Waals surface area contributed by atoms with Crippen LogP contribution in [0.3, 0.4) is 0 Å². The first-order chi connectivity index (χ1) is 9.81. The lowest BCUT2D eigenvalue weighted by Gasteiger charge is -2.15. The van der Waals surface area contributed by atoms with Crippen molar-refractivity contribution in [3.05, 3.63) is 48.3 Å². The largest absolute Gasteiger partial charge is 0.312 e. The highest BCUT2D eigenvalue weighted by Gasteiger charge is 2.20. The summed E-state index contributed by atoms with van der Waals surface area (Å²) < 4.78 is 1.89. The van der Waals surface area contributed by atoms with Crippen LogP contribution in [0.25, 0.3) is 5.69 Å². The molecule has 2 N–H and O–H groups in total. The van der Waals surface area contributed by atoms with Gasteiger partial charge in [0.2, 0.25) is 0 Å². The van der Waals surface area contributed by atoms with Gasteiger partial charge in [-0.3, -0.25) is 0 Å². The van der Waals surface area contributed by atoms with Crippen molar-refractivity contribution in [2.24, 2.45) is 0 Å². The minimum atomic E-state index is 0.490. The second kappa shape index (κ2) is 6.20. The third kappa shape index (κ3) is 3.68. The Bertz CT molecular complexity index is 531. The number of benzene rings is 1. The molecule has 3 rings (SSSR count). The summed E-state index contributed by atoms with van der Waals surface area (Å²) in [6.45, 7) is 4.17. The van der Waals surface area contributed by atoms with E-state index in [4.69, 9.17) is 0 Å². The predicted octanol–water partition coefficient (Wildman–Crippen LogP) is 2.10. The fourth-order valence-corrected chi connectivity index (χ4v) is 2.23. The molecule has 20 heavy (non-hydrogen) atoms. The van der Waals surface area contributed by atoms with Gasteiger partial charge in [-0.1, -0.05) is 12.1 Å². The number of nitrogens with zero attached hydrogens (tertiary/aromatic N) is 2. The molecule has 0 aliphatic heterocycles. The van der Waals surface area contributed by atoms with Crippen LogP contribution in [0.15, 0.2) is 42.7 Å². The number of hydrogen-bond acceptors (Lipinski definition) is 3. The quantitative estimate of drug-likeness (QED) is 0.809. The number of aromatic nitrogens is 2. The minimum absolute atomic E-state index is 0.490. The third-order valence-corrected chi connectivity index (χ3v) is 3.62. The normalized spacial score (nSPS) is 16.2. The van der Waals surface area contributed by atoms with Gasteiger partial charge in [0.1, 0.15) is 0 Å². The molecule has 1 aliphatic rings. The zero-order chi connectivity index (χ0) is 13.8. The summed E-state index contributed by atoms with van der Waals surface area (Å²) in [5, 5.41) is 11.4. The first-order valence-corrected chi connectivity index (χ1v) is 7.37. The minimum Gasteiger partial charge on any atom is -0.312 e. The topological polar surface area (TPSA) is 41.9 Å². The molecular weight excluding hydrogens is 248 g/mol. The molecule has 0 radical (unpaired) electrons. The zero-order valence-electron chi connectivity index (χ0n) is 11.9. The molecule has 106 valence electrons. The van der Waals surface area contributed by atoms with Gasteiger partial charge in [-0.2, -0.15) is 5.10 Å². The lowest BCUT2D eigenvalue weighted by molar-refractivity contribution is 0.500. The average Bonchev–Trinajstić information content (AvgIpc) is 3.14. The summed E-state index contributed by atoms with van der Waals surface area (Å²) in [5.41, 5.74) is 2.40. The van der Waals surface area contributed by atoms with Crippen molar-refractivity contribution in [2.75, 3.05) is 6.54 Å². The van der Waals surface area contributed by atoms with Crippen molar-refractivity contribution >= 4 is 0 Å². The van der Waals surface area contributed by atoms with Gasteiger partial charge in [-0.05, 0) is 43.5 Å². The van der Waals surface area contributed by atoms with Crippen LogP contribution < -0.4 is 10.6 Å². The van der Waals surface area contributed by atoms with E-state index in [-0.39, 0.29) is 0 Å². The average molecular weight is 270 g/mol. The Morgan fingerprint density at radius 3 is 3.00 bits per heavy atom. The highest BCUT2D eigenvalue weighted by atomic mass is 15.3. The van der Waals surface area contributed by atoms with Crippen LogP contribution in [0.1, 0.15) is 25.3 Å². The van der Waals surface area contributed by atoms with Crippen molar-refractivity contribution in [3.8, 4) is 5.69 Å². The molecule has 2 aromatic rings. The van der Waals surface area contributed by atoms with Gasteiger partial charge in [0, 0.05) is 37.6 Å². The Labute approximate surface area is 120 Å². The van der Waals surface area contributed by atoms with Gasteiger partial charge < -0.3 is 10.6 Å². The highest BCUT2D eigenvalue weighted by Crippen LogP contribution is 2.18. The van der Waals surface area contributed by atoms with E-state index in [0.717, 1.165) is 24.8 Å². The summed E-state index contributed by atoms with van der Waals surface area (Å²) in [4.78, 5) is 0. The summed E-state index contributed by atoms with van der Waals surface area (Å²) in [6.07, 6.45) is 6.46. The number of rotatable bonds is 7. The first kappa shape index (κ1) is 13.3. The number of nitrogens with one attached hydrogen (secondary N) is 2. The molecule has 0 amide bonds. The van der Waals surface area contributed by atoms with E-state index in [9.17, 15) is 0 Å². The smallest absolute Gasteiger partial charge is 0.0648 e. The van der Waals surface area contributed by atoms with Crippen LogP contribution in [0.5, 0.6) is 0 Å². The fraction of sp³-hybridized carbons (Fsp3) is 0.438. The summed E-state index contributed by atoms with van der Waals surface area (Å²) >= 11 is 0. The molecule has 0 bridgehead atoms. The molecule has 1 saturated carbocycles. The monoisotopic (exact) mass is 270 g/mol. The molecule has 0 spiro atoms. The van der Waals surface area contributed by atoms with Gasteiger partial charge >= 0.3 is 0 Å². The van der Waals surface area contributed by atoms with Crippen molar-refractivity contribution in [1.82, 2.24) is 20.4 Å². The molecule has 4 heteroatoms. The van der Waals surface area contributed by atoms with E-state index >= 15 is 0 Å². The van der Waals surface area contributed by atoms with Crippen LogP contribution in [-0.4, -0.2) is 28.4 Å². The van der Waals surface area contributed by atoms with Crippen molar-refractivity contribution in [1.29, 1.82) is 0 Å². The van der Waals surface area contributed by atoms with E-state index < -0.39 is 0 Å². The van der Waals surface area contributed by atoms with Crippen molar-refractivity contribution < 1.29 is 0 Å². The first-order valence-electron chi connectivity index (χ1n) is 7.37. The van der Waals surface area contributed by atoms with E-state index in [1.54, 1.807) is 6.20 Å². The predicted molar refractivity (Wildman–Crippen MR) is 80.9 cm³/mol. The zero-order valence-corrected chi connectivity index (χ0v) is 11.9. The van der Waals surface area contributed by atoms with Crippen LogP contribution in [-0.2, 0) is 6.54 Å². The van der Waals surface area contributed by atoms with E-state index in [2.05, 4.69) is 46.9 Å². The van der Waals surface area contributed by atoms with Crippen molar-refractivity contribution in [3.63, 3.8) is 0 Å². The van der Waals surface area contributed by atoms with E-state index in [1.165, 1.54) is 18.4 Å². The van der Waals surface area contributed by atoms with Gasteiger partial charge in [-0.25, -0.2) is 4.68 Å². The second-order valence-corrected chi connectivity index (χ2v) is 5.59. The standard InChI is InChI=1S/C16H22N4/c1-13(11-18-15-6-7-15)17-12-14-4-2-5-16(10-14)20-9-3-8-19-20/h2-5,8-10,13,15,17-18H,6-7,11-12H2,1H3. The molecule has 4 nitrogen and oxygen atoms in total. The summed E-state index contributed by atoms with van der Waals surface area (Å²) in [7, 11) is 0. The summed E-state index contributed by atoms with van der Waals surface area (Å²) in [6, 6.07) is 11.7. The van der Waals surface area contributed by atoms with Gasteiger partial charge in [0.15, 0.2) is 0 Å². The Hall–Kier alpha value is -1.65. The Kier molecular flexibility index (Phi) is 4.14. The maximum atomic E-state index is 4.26. The van der Waals surface area contributed by atoms with Crippen LogP contribution >= 0.6 is 0 Å². The van der Waals surface area contributed by atoms with Crippen LogP contribution in [0, 0.1) is 0 Å². The second-order valence-electron chi connectivity index (χ2n) is 5.59. The molecular formula is C16H22N4. The van der Waals surface area contributed by atoms with Gasteiger partial charge in [0.05, 0.1) is 5.69 Å². The van der Waals surface area contributed by atoms with Gasteiger partial charge in [-0.15, -0.1) is 0 Å².